The van der Waals surface area contributed by atoms with Crippen molar-refractivity contribution in [2.75, 3.05) is 13.1 Å². The number of carbonyl (C=O) groups is 1. The molecule has 2 N–H and O–H groups in total. The molecule has 1 aliphatic heterocycles. The third kappa shape index (κ3) is 3.64. The van der Waals surface area contributed by atoms with Crippen LogP contribution in [0.25, 0.3) is 0 Å². The van der Waals surface area contributed by atoms with Gasteiger partial charge in [-0.25, -0.2) is 4.79 Å². The maximum absolute atomic E-state index is 12.7. The van der Waals surface area contributed by atoms with Crippen LogP contribution in [0, 0.1) is 20.8 Å². The van der Waals surface area contributed by atoms with E-state index in [0.717, 1.165) is 37.3 Å². The lowest BCUT2D eigenvalue weighted by molar-refractivity contribution is 0.176. The lowest BCUT2D eigenvalue weighted by Gasteiger charge is -2.33. The van der Waals surface area contributed by atoms with E-state index in [9.17, 15) is 4.79 Å². The molecule has 0 aliphatic carbocycles. The van der Waals surface area contributed by atoms with Gasteiger partial charge in [-0.2, -0.15) is 5.10 Å². The minimum Gasteiger partial charge on any atom is -0.331 e. The molecule has 3 rings (SSSR count). The molecule has 0 spiro atoms. The van der Waals surface area contributed by atoms with Crippen LogP contribution in [0.15, 0.2) is 12.1 Å². The molecule has 3 heterocycles. The molecule has 2 unspecified atom stereocenters. The van der Waals surface area contributed by atoms with Crippen LogP contribution >= 0.6 is 11.3 Å². The smallest absolute Gasteiger partial charge is 0.317 e. The van der Waals surface area contributed by atoms with Gasteiger partial charge in [0.15, 0.2) is 0 Å². The van der Waals surface area contributed by atoms with E-state index in [1.165, 1.54) is 15.3 Å². The number of amides is 2. The van der Waals surface area contributed by atoms with E-state index in [2.05, 4.69) is 48.4 Å². The lowest BCUT2D eigenvalue weighted by atomic mass is 9.95. The Hall–Kier alpha value is -1.82. The summed E-state index contributed by atoms with van der Waals surface area (Å²) in [5.74, 6) is 0.329. The average molecular weight is 347 g/mol. The number of carbonyl (C=O) groups excluding carboxylic acids is 1. The van der Waals surface area contributed by atoms with E-state index in [1.54, 1.807) is 11.3 Å². The van der Waals surface area contributed by atoms with Gasteiger partial charge in [0.2, 0.25) is 0 Å². The van der Waals surface area contributed by atoms with Gasteiger partial charge in [0, 0.05) is 34.5 Å². The van der Waals surface area contributed by atoms with E-state index >= 15 is 0 Å². The van der Waals surface area contributed by atoms with Gasteiger partial charge in [-0.3, -0.25) is 5.10 Å². The second kappa shape index (κ2) is 6.97. The van der Waals surface area contributed by atoms with Crippen LogP contribution in [0.5, 0.6) is 0 Å². The molecular formula is C18H26N4OS. The summed E-state index contributed by atoms with van der Waals surface area (Å²) in [5, 5.41) is 10.5. The number of aryl methyl sites for hydroxylation is 3. The molecule has 2 atom stereocenters. The second-order valence-corrected chi connectivity index (χ2v) is 8.26. The van der Waals surface area contributed by atoms with Crippen molar-refractivity contribution in [2.45, 2.75) is 52.5 Å². The Kier molecular flexibility index (Phi) is 4.94. The third-order valence-corrected chi connectivity index (χ3v) is 5.72. The van der Waals surface area contributed by atoms with Gasteiger partial charge in [-0.05, 0) is 58.2 Å². The molecule has 2 aromatic rings. The average Bonchev–Trinajstić information content (AvgIpc) is 3.12. The largest absolute Gasteiger partial charge is 0.331 e. The molecule has 24 heavy (non-hydrogen) atoms. The molecule has 2 amide bonds. The topological polar surface area (TPSA) is 61.0 Å². The number of likely N-dealkylation sites (tertiary alicyclic amines) is 1. The van der Waals surface area contributed by atoms with E-state index in [-0.39, 0.29) is 12.1 Å². The highest BCUT2D eigenvalue weighted by Crippen LogP contribution is 2.28. The zero-order valence-corrected chi connectivity index (χ0v) is 15.7. The monoisotopic (exact) mass is 346 g/mol. The summed E-state index contributed by atoms with van der Waals surface area (Å²) < 4.78 is 0. The number of rotatable bonds is 3. The molecule has 6 heteroatoms. The van der Waals surface area contributed by atoms with Crippen LogP contribution < -0.4 is 5.32 Å². The molecule has 130 valence electrons. The van der Waals surface area contributed by atoms with Crippen LogP contribution in [-0.4, -0.2) is 34.2 Å². The van der Waals surface area contributed by atoms with Crippen LogP contribution in [0.3, 0.4) is 0 Å². The zero-order valence-electron chi connectivity index (χ0n) is 14.8. The summed E-state index contributed by atoms with van der Waals surface area (Å²) in [6.07, 6.45) is 2.11. The minimum absolute atomic E-state index is 0.0303. The van der Waals surface area contributed by atoms with Gasteiger partial charge < -0.3 is 10.2 Å². The number of urea groups is 1. The Balaban J connectivity index is 1.63. The first-order valence-electron chi connectivity index (χ1n) is 8.58. The highest BCUT2D eigenvalue weighted by molar-refractivity contribution is 7.12. The van der Waals surface area contributed by atoms with Crippen molar-refractivity contribution in [3.63, 3.8) is 0 Å². The summed E-state index contributed by atoms with van der Waals surface area (Å²) >= 11 is 1.78. The fraction of sp³-hybridized carbons (Fsp3) is 0.556. The van der Waals surface area contributed by atoms with Crippen LogP contribution in [0.4, 0.5) is 4.79 Å². The van der Waals surface area contributed by atoms with E-state index in [1.807, 2.05) is 11.8 Å². The molecule has 1 saturated heterocycles. The Morgan fingerprint density at radius 2 is 2.21 bits per heavy atom. The summed E-state index contributed by atoms with van der Waals surface area (Å²) in [4.78, 5) is 17.2. The number of nitrogens with one attached hydrogen (secondary N) is 2. The summed E-state index contributed by atoms with van der Waals surface area (Å²) in [5.41, 5.74) is 3.37. The number of hydrogen-bond donors (Lipinski definition) is 2. The summed E-state index contributed by atoms with van der Waals surface area (Å²) in [6.45, 7) is 9.86. The number of thiophene rings is 1. The number of nitrogens with zero attached hydrogens (tertiary/aromatic N) is 2. The fourth-order valence-electron chi connectivity index (χ4n) is 3.49. The molecule has 1 fully saturated rings. The first kappa shape index (κ1) is 17.0. The number of piperidine rings is 1. The first-order chi connectivity index (χ1) is 11.4. The van der Waals surface area contributed by atoms with Crippen molar-refractivity contribution in [2.24, 2.45) is 0 Å². The summed E-state index contributed by atoms with van der Waals surface area (Å²) in [6, 6.07) is 4.33. The first-order valence-corrected chi connectivity index (χ1v) is 9.40. The van der Waals surface area contributed by atoms with Gasteiger partial charge >= 0.3 is 6.03 Å². The molecule has 5 nitrogen and oxygen atoms in total. The Labute approximate surface area is 147 Å². The number of aromatic amines is 1. The van der Waals surface area contributed by atoms with Crippen LogP contribution in [0.2, 0.25) is 0 Å². The molecule has 2 aromatic heterocycles. The van der Waals surface area contributed by atoms with Crippen molar-refractivity contribution < 1.29 is 4.79 Å². The molecular weight excluding hydrogens is 320 g/mol. The molecule has 0 aromatic carbocycles. The zero-order chi connectivity index (χ0) is 17.3. The Morgan fingerprint density at radius 3 is 2.83 bits per heavy atom. The molecule has 0 saturated carbocycles. The molecule has 0 radical (unpaired) electrons. The normalized spacial score (nSPS) is 19.3. The highest BCUT2D eigenvalue weighted by Gasteiger charge is 2.27. The highest BCUT2D eigenvalue weighted by atomic mass is 32.1. The molecule has 0 bridgehead atoms. The number of aromatic nitrogens is 2. The van der Waals surface area contributed by atoms with Crippen molar-refractivity contribution in [1.29, 1.82) is 0 Å². The lowest BCUT2D eigenvalue weighted by Crippen LogP contribution is -2.45. The van der Waals surface area contributed by atoms with Crippen molar-refractivity contribution in [1.82, 2.24) is 20.4 Å². The number of H-pyrrole nitrogens is 1. The molecule has 1 aliphatic rings. The van der Waals surface area contributed by atoms with Gasteiger partial charge in [-0.15, -0.1) is 11.3 Å². The standard InChI is InChI=1S/C18H26N4OS/c1-11-8-17(21-20-11)15-6-5-7-22(10-15)18(23)19-13(3)16-9-12(2)24-14(16)4/h8-9,13,15H,5-7,10H2,1-4H3,(H,19,23)(H,20,21). The van der Waals surface area contributed by atoms with Crippen molar-refractivity contribution in [3.8, 4) is 0 Å². The van der Waals surface area contributed by atoms with E-state index in [0.29, 0.717) is 5.92 Å². The predicted octanol–water partition coefficient (Wildman–Crippen LogP) is 4.05. The Bertz CT molecular complexity index is 720. The van der Waals surface area contributed by atoms with Crippen molar-refractivity contribution >= 4 is 17.4 Å². The Morgan fingerprint density at radius 1 is 1.42 bits per heavy atom. The maximum atomic E-state index is 12.7. The van der Waals surface area contributed by atoms with Gasteiger partial charge in [-0.1, -0.05) is 0 Å². The minimum atomic E-state index is 0.0303. The fourth-order valence-corrected chi connectivity index (χ4v) is 4.51. The van der Waals surface area contributed by atoms with Gasteiger partial charge in [0.05, 0.1) is 11.7 Å². The van der Waals surface area contributed by atoms with Crippen LogP contribution in [0.1, 0.15) is 58.4 Å². The summed E-state index contributed by atoms with van der Waals surface area (Å²) in [7, 11) is 0. The van der Waals surface area contributed by atoms with Crippen LogP contribution in [-0.2, 0) is 0 Å². The quantitative estimate of drug-likeness (QED) is 0.881. The van der Waals surface area contributed by atoms with Gasteiger partial charge in [0.1, 0.15) is 0 Å². The maximum Gasteiger partial charge on any atom is 0.317 e. The third-order valence-electron chi connectivity index (χ3n) is 4.74. The van der Waals surface area contributed by atoms with E-state index < -0.39 is 0 Å². The predicted molar refractivity (Wildman–Crippen MR) is 97.6 cm³/mol. The van der Waals surface area contributed by atoms with Gasteiger partial charge in [0.25, 0.3) is 0 Å². The van der Waals surface area contributed by atoms with E-state index in [4.69, 9.17) is 0 Å². The SMILES string of the molecule is Cc1cc(C2CCCN(C(=O)NC(C)c3cc(C)sc3C)C2)n[nH]1. The second-order valence-electron chi connectivity index (χ2n) is 6.80. The number of hydrogen-bond acceptors (Lipinski definition) is 3. The van der Waals surface area contributed by atoms with Crippen molar-refractivity contribution in [3.05, 3.63) is 38.8 Å².